The van der Waals surface area contributed by atoms with Crippen molar-refractivity contribution in [1.29, 1.82) is 0 Å². The maximum Gasteiger partial charge on any atom is 0.0762 e. The van der Waals surface area contributed by atoms with Gasteiger partial charge >= 0.3 is 0 Å². The Balaban J connectivity index is 1.50. The van der Waals surface area contributed by atoms with E-state index in [1.807, 2.05) is 0 Å². The summed E-state index contributed by atoms with van der Waals surface area (Å²) in [5.74, 6) is 2.61. The van der Waals surface area contributed by atoms with Crippen LogP contribution in [0, 0.1) is 0 Å². The normalized spacial score (nSPS) is 25.7. The van der Waals surface area contributed by atoms with E-state index < -0.39 is 0 Å². The van der Waals surface area contributed by atoms with Crippen LogP contribution < -0.4 is 5.32 Å². The van der Waals surface area contributed by atoms with E-state index in [-0.39, 0.29) is 0 Å². The SMILES string of the molecule is c1cn(C2CCCC2)nc1CNC1CCCSC1. The Kier molecular flexibility index (Phi) is 4.26. The first-order valence-corrected chi connectivity index (χ1v) is 8.42. The summed E-state index contributed by atoms with van der Waals surface area (Å²) in [6, 6.07) is 3.55. The van der Waals surface area contributed by atoms with Gasteiger partial charge in [0.1, 0.15) is 0 Å². The Bertz CT molecular complexity index is 365. The summed E-state index contributed by atoms with van der Waals surface area (Å²) in [5.41, 5.74) is 1.21. The fraction of sp³-hybridized carbons (Fsp3) is 0.786. The molecule has 1 aromatic heterocycles. The Morgan fingerprint density at radius 1 is 1.28 bits per heavy atom. The second-order valence-electron chi connectivity index (χ2n) is 5.52. The molecule has 1 aliphatic carbocycles. The van der Waals surface area contributed by atoms with Gasteiger partial charge in [-0.2, -0.15) is 16.9 Å². The van der Waals surface area contributed by atoms with E-state index in [4.69, 9.17) is 5.10 Å². The molecule has 1 N–H and O–H groups in total. The lowest BCUT2D eigenvalue weighted by Gasteiger charge is -2.22. The fourth-order valence-corrected chi connectivity index (χ4v) is 4.10. The second-order valence-corrected chi connectivity index (χ2v) is 6.67. The largest absolute Gasteiger partial charge is 0.307 e. The number of aromatic nitrogens is 2. The summed E-state index contributed by atoms with van der Waals surface area (Å²) in [7, 11) is 0. The van der Waals surface area contributed by atoms with Gasteiger partial charge in [0.05, 0.1) is 11.7 Å². The molecular weight excluding hydrogens is 242 g/mol. The molecule has 0 bridgehead atoms. The fourth-order valence-electron chi connectivity index (χ4n) is 2.99. The lowest BCUT2D eigenvalue weighted by Crippen LogP contribution is -2.33. The van der Waals surface area contributed by atoms with Crippen LogP contribution >= 0.6 is 11.8 Å². The van der Waals surface area contributed by atoms with Crippen molar-refractivity contribution >= 4 is 11.8 Å². The molecule has 1 saturated heterocycles. The minimum Gasteiger partial charge on any atom is -0.307 e. The highest BCUT2D eigenvalue weighted by molar-refractivity contribution is 7.99. The molecule has 4 heteroatoms. The Morgan fingerprint density at radius 2 is 2.17 bits per heavy atom. The van der Waals surface area contributed by atoms with Crippen molar-refractivity contribution in [2.45, 2.75) is 57.2 Å². The minimum absolute atomic E-state index is 0.670. The molecule has 0 amide bonds. The highest BCUT2D eigenvalue weighted by Crippen LogP contribution is 2.28. The van der Waals surface area contributed by atoms with Gasteiger partial charge in [0.25, 0.3) is 0 Å². The molecule has 1 atom stereocenters. The quantitative estimate of drug-likeness (QED) is 0.907. The third-order valence-corrected chi connectivity index (χ3v) is 5.31. The smallest absolute Gasteiger partial charge is 0.0762 e. The van der Waals surface area contributed by atoms with Gasteiger partial charge in [0, 0.05) is 24.5 Å². The minimum atomic E-state index is 0.670. The van der Waals surface area contributed by atoms with Crippen molar-refractivity contribution in [2.75, 3.05) is 11.5 Å². The van der Waals surface area contributed by atoms with E-state index in [9.17, 15) is 0 Å². The van der Waals surface area contributed by atoms with Gasteiger partial charge in [0.15, 0.2) is 0 Å². The van der Waals surface area contributed by atoms with Gasteiger partial charge in [-0.25, -0.2) is 0 Å². The monoisotopic (exact) mass is 265 g/mol. The van der Waals surface area contributed by atoms with Crippen molar-refractivity contribution in [3.63, 3.8) is 0 Å². The topological polar surface area (TPSA) is 29.9 Å². The summed E-state index contributed by atoms with van der Waals surface area (Å²) in [6.07, 6.45) is 10.2. The molecule has 1 saturated carbocycles. The van der Waals surface area contributed by atoms with Gasteiger partial charge in [-0.3, -0.25) is 4.68 Å². The molecule has 2 heterocycles. The van der Waals surface area contributed by atoms with Crippen molar-refractivity contribution in [1.82, 2.24) is 15.1 Å². The van der Waals surface area contributed by atoms with Crippen LogP contribution in [0.25, 0.3) is 0 Å². The van der Waals surface area contributed by atoms with Crippen LogP contribution in [-0.4, -0.2) is 27.3 Å². The predicted molar refractivity (Wildman–Crippen MR) is 76.9 cm³/mol. The molecule has 0 aromatic carbocycles. The van der Waals surface area contributed by atoms with Crippen molar-refractivity contribution < 1.29 is 0 Å². The van der Waals surface area contributed by atoms with Crippen LogP contribution in [-0.2, 0) is 6.54 Å². The summed E-state index contributed by atoms with van der Waals surface area (Å²) >= 11 is 2.08. The average molecular weight is 265 g/mol. The van der Waals surface area contributed by atoms with Gasteiger partial charge in [-0.1, -0.05) is 12.8 Å². The zero-order chi connectivity index (χ0) is 12.2. The molecule has 18 heavy (non-hydrogen) atoms. The molecule has 0 radical (unpaired) electrons. The lowest BCUT2D eigenvalue weighted by molar-refractivity contribution is 0.454. The predicted octanol–water partition coefficient (Wildman–Crippen LogP) is 2.98. The van der Waals surface area contributed by atoms with E-state index in [1.165, 1.54) is 55.7 Å². The highest BCUT2D eigenvalue weighted by atomic mass is 32.2. The molecule has 100 valence electrons. The van der Waals surface area contributed by atoms with E-state index in [1.54, 1.807) is 0 Å². The number of hydrogen-bond donors (Lipinski definition) is 1. The molecule has 2 aliphatic rings. The summed E-state index contributed by atoms with van der Waals surface area (Å²) < 4.78 is 2.19. The van der Waals surface area contributed by atoms with Crippen molar-refractivity contribution in [3.8, 4) is 0 Å². The second kappa shape index (κ2) is 6.11. The first-order valence-electron chi connectivity index (χ1n) is 7.27. The standard InChI is InChI=1S/C14H23N3S/c1-2-6-14(5-1)17-8-7-12(16-17)10-15-13-4-3-9-18-11-13/h7-8,13-15H,1-6,9-11H2. The van der Waals surface area contributed by atoms with Gasteiger partial charge in [-0.15, -0.1) is 0 Å². The zero-order valence-electron chi connectivity index (χ0n) is 11.0. The molecule has 3 nitrogen and oxygen atoms in total. The molecule has 1 aromatic rings. The lowest BCUT2D eigenvalue weighted by atomic mass is 10.2. The van der Waals surface area contributed by atoms with E-state index in [2.05, 4.69) is 34.0 Å². The maximum absolute atomic E-state index is 4.72. The maximum atomic E-state index is 4.72. The van der Waals surface area contributed by atoms with Crippen LogP contribution in [0.5, 0.6) is 0 Å². The molecule has 2 fully saturated rings. The number of thioether (sulfide) groups is 1. The van der Waals surface area contributed by atoms with E-state index in [0.717, 1.165) is 6.54 Å². The molecule has 1 aliphatic heterocycles. The Morgan fingerprint density at radius 3 is 2.94 bits per heavy atom. The van der Waals surface area contributed by atoms with Crippen LogP contribution in [0.15, 0.2) is 12.3 Å². The Hall–Kier alpha value is -0.480. The third-order valence-electron chi connectivity index (χ3n) is 4.09. The molecule has 0 spiro atoms. The average Bonchev–Trinajstić information content (AvgIpc) is 3.08. The van der Waals surface area contributed by atoms with Crippen LogP contribution in [0.3, 0.4) is 0 Å². The first-order chi connectivity index (χ1) is 8.92. The van der Waals surface area contributed by atoms with Crippen LogP contribution in [0.4, 0.5) is 0 Å². The zero-order valence-corrected chi connectivity index (χ0v) is 11.8. The number of nitrogens with zero attached hydrogens (tertiary/aromatic N) is 2. The molecular formula is C14H23N3S. The summed E-state index contributed by atoms with van der Waals surface area (Å²) in [4.78, 5) is 0. The van der Waals surface area contributed by atoms with Gasteiger partial charge in [0.2, 0.25) is 0 Å². The van der Waals surface area contributed by atoms with Crippen molar-refractivity contribution in [3.05, 3.63) is 18.0 Å². The summed E-state index contributed by atoms with van der Waals surface area (Å²) in [5, 5.41) is 8.37. The van der Waals surface area contributed by atoms with E-state index >= 15 is 0 Å². The number of hydrogen-bond acceptors (Lipinski definition) is 3. The van der Waals surface area contributed by atoms with E-state index in [0.29, 0.717) is 12.1 Å². The molecule has 1 unspecified atom stereocenters. The van der Waals surface area contributed by atoms with Gasteiger partial charge in [-0.05, 0) is 37.5 Å². The third kappa shape index (κ3) is 3.09. The number of rotatable bonds is 4. The number of nitrogens with one attached hydrogen (secondary N) is 1. The Labute approximate surface area is 114 Å². The highest BCUT2D eigenvalue weighted by Gasteiger charge is 2.18. The van der Waals surface area contributed by atoms with Gasteiger partial charge < -0.3 is 5.32 Å². The molecule has 3 rings (SSSR count). The van der Waals surface area contributed by atoms with Crippen molar-refractivity contribution in [2.24, 2.45) is 0 Å². The first kappa shape index (κ1) is 12.5. The van der Waals surface area contributed by atoms with Crippen LogP contribution in [0.2, 0.25) is 0 Å². The van der Waals surface area contributed by atoms with Crippen LogP contribution in [0.1, 0.15) is 50.3 Å². The summed E-state index contributed by atoms with van der Waals surface area (Å²) in [6.45, 7) is 0.935.